The zero-order valence-corrected chi connectivity index (χ0v) is 27.6. The average Bonchev–Trinajstić information content (AvgIpc) is 3.91. The summed E-state index contributed by atoms with van der Waals surface area (Å²) < 4.78 is 8.68. The van der Waals surface area contributed by atoms with Crippen LogP contribution in [0.25, 0.3) is 82.8 Å². The summed E-state index contributed by atoms with van der Waals surface area (Å²) >= 11 is 0. The molecule has 2 aliphatic carbocycles. The Kier molecular flexibility index (Phi) is 5.20. The number of hydrogen-bond donors (Lipinski definition) is 0. The molecule has 0 amide bonds. The summed E-state index contributed by atoms with van der Waals surface area (Å²) in [6, 6.07) is 64.8. The molecule has 0 atom stereocenters. The van der Waals surface area contributed by atoms with Gasteiger partial charge in [0, 0.05) is 32.8 Å². The van der Waals surface area contributed by atoms with Crippen molar-refractivity contribution in [3.05, 3.63) is 198 Å². The van der Waals surface area contributed by atoms with Crippen LogP contribution < -0.4 is 0 Å². The van der Waals surface area contributed by atoms with Crippen molar-refractivity contribution < 1.29 is 4.42 Å². The first-order valence-electron chi connectivity index (χ1n) is 17.7. The Morgan fingerprint density at radius 3 is 1.75 bits per heavy atom. The monoisotopic (exact) mass is 647 g/mol. The summed E-state index contributed by atoms with van der Waals surface area (Å²) in [5.74, 6) is 0. The minimum absolute atomic E-state index is 0.390. The molecular weight excluding hydrogens is 619 g/mol. The van der Waals surface area contributed by atoms with Crippen LogP contribution in [0.4, 0.5) is 0 Å². The summed E-state index contributed by atoms with van der Waals surface area (Å²) in [4.78, 5) is 0. The van der Waals surface area contributed by atoms with Gasteiger partial charge in [-0.15, -0.1) is 0 Å². The van der Waals surface area contributed by atoms with E-state index in [1.807, 2.05) is 12.1 Å². The standard InChI is InChI=1S/C49H29NO/c1-2-12-32(13-3-1)50-44-26-22-30(31-23-27-46-39(29-31)35-16-7-11-21-45(35)51-46)28-38(44)36-24-25-43-47(48(36)50)37-17-6-10-20-42(37)49(43)40-18-8-4-14-33(40)34-15-5-9-19-41(34)49/h1-29H. The molecular formula is C49H29NO. The predicted molar refractivity (Wildman–Crippen MR) is 210 cm³/mol. The van der Waals surface area contributed by atoms with E-state index in [1.165, 1.54) is 77.4 Å². The summed E-state index contributed by atoms with van der Waals surface area (Å²) in [5.41, 5.74) is 18.2. The Morgan fingerprint density at radius 2 is 0.980 bits per heavy atom. The molecule has 0 fully saturated rings. The molecule has 2 heteroatoms. The molecule has 0 radical (unpaired) electrons. The first-order chi connectivity index (χ1) is 25.3. The fourth-order valence-corrected chi connectivity index (χ4v) is 9.61. The van der Waals surface area contributed by atoms with Crippen molar-refractivity contribution in [2.45, 2.75) is 5.41 Å². The fourth-order valence-electron chi connectivity index (χ4n) is 9.61. The highest BCUT2D eigenvalue weighted by Gasteiger charge is 2.52. The summed E-state index contributed by atoms with van der Waals surface area (Å²) in [5, 5.41) is 4.80. The van der Waals surface area contributed by atoms with Crippen LogP contribution in [0.3, 0.4) is 0 Å². The molecule has 236 valence electrons. The highest BCUT2D eigenvalue weighted by atomic mass is 16.3. The van der Waals surface area contributed by atoms with E-state index in [0.29, 0.717) is 0 Å². The van der Waals surface area contributed by atoms with E-state index in [9.17, 15) is 0 Å². The molecule has 2 nitrogen and oxygen atoms in total. The molecule has 2 aliphatic rings. The normalized spacial score (nSPS) is 13.6. The molecule has 0 aliphatic heterocycles. The lowest BCUT2D eigenvalue weighted by molar-refractivity contribution is 0.669. The highest BCUT2D eigenvalue weighted by molar-refractivity contribution is 6.17. The summed E-state index contributed by atoms with van der Waals surface area (Å²) in [7, 11) is 0. The van der Waals surface area contributed by atoms with Crippen molar-refractivity contribution in [1.29, 1.82) is 0 Å². The molecule has 0 unspecified atom stereocenters. The predicted octanol–water partition coefficient (Wildman–Crippen LogP) is 12.7. The highest BCUT2D eigenvalue weighted by Crippen LogP contribution is 2.64. The van der Waals surface area contributed by atoms with Crippen molar-refractivity contribution in [1.82, 2.24) is 4.57 Å². The maximum absolute atomic E-state index is 6.18. The van der Waals surface area contributed by atoms with Gasteiger partial charge in [-0.1, -0.05) is 133 Å². The van der Waals surface area contributed by atoms with Crippen molar-refractivity contribution in [2.24, 2.45) is 0 Å². The summed E-state index contributed by atoms with van der Waals surface area (Å²) in [6.07, 6.45) is 0. The average molecular weight is 648 g/mol. The van der Waals surface area contributed by atoms with E-state index in [2.05, 4.69) is 168 Å². The molecule has 1 spiro atoms. The summed E-state index contributed by atoms with van der Waals surface area (Å²) in [6.45, 7) is 0. The maximum Gasteiger partial charge on any atom is 0.135 e. The zero-order valence-electron chi connectivity index (χ0n) is 27.6. The van der Waals surface area contributed by atoms with Crippen molar-refractivity contribution in [2.75, 3.05) is 0 Å². The van der Waals surface area contributed by atoms with E-state index in [1.54, 1.807) is 0 Å². The molecule has 0 saturated carbocycles. The van der Waals surface area contributed by atoms with E-state index < -0.39 is 0 Å². The van der Waals surface area contributed by atoms with Gasteiger partial charge in [-0.2, -0.15) is 0 Å². The lowest BCUT2D eigenvalue weighted by Gasteiger charge is -2.30. The van der Waals surface area contributed by atoms with Gasteiger partial charge < -0.3 is 8.98 Å². The Bertz CT molecular complexity index is 3040. The number of rotatable bonds is 2. The van der Waals surface area contributed by atoms with Gasteiger partial charge in [-0.05, 0) is 92.5 Å². The minimum Gasteiger partial charge on any atom is -0.456 e. The molecule has 2 aromatic heterocycles. The van der Waals surface area contributed by atoms with Crippen LogP contribution in [-0.2, 0) is 5.41 Å². The number of fused-ring (bicyclic) bond motifs is 17. The number of aromatic nitrogens is 1. The second-order valence-electron chi connectivity index (χ2n) is 14.0. The van der Waals surface area contributed by atoms with Crippen LogP contribution in [0.5, 0.6) is 0 Å². The van der Waals surface area contributed by atoms with Crippen LogP contribution in [-0.4, -0.2) is 4.57 Å². The SMILES string of the molecule is c1ccc(-n2c3ccc(-c4ccc5oc6ccccc6c5c4)cc3c3ccc4c(c32)-c2ccccc2C42c3ccccc3-c3ccccc32)cc1. The molecule has 0 N–H and O–H groups in total. The third-order valence-corrected chi connectivity index (χ3v) is 11.6. The largest absolute Gasteiger partial charge is 0.456 e. The molecule has 12 rings (SSSR count). The quantitative estimate of drug-likeness (QED) is 0.183. The number of para-hydroxylation sites is 2. The van der Waals surface area contributed by atoms with Crippen LogP contribution in [0.2, 0.25) is 0 Å². The third kappa shape index (κ3) is 3.37. The van der Waals surface area contributed by atoms with Crippen LogP contribution in [0.1, 0.15) is 22.3 Å². The van der Waals surface area contributed by atoms with Crippen molar-refractivity contribution in [3.8, 4) is 39.1 Å². The van der Waals surface area contributed by atoms with Gasteiger partial charge in [0.05, 0.1) is 16.4 Å². The maximum atomic E-state index is 6.18. The van der Waals surface area contributed by atoms with E-state index in [4.69, 9.17) is 4.42 Å². The molecule has 10 aromatic rings. The minimum atomic E-state index is -0.390. The van der Waals surface area contributed by atoms with E-state index in [-0.39, 0.29) is 5.41 Å². The molecule has 0 bridgehead atoms. The second kappa shape index (κ2) is 9.74. The van der Waals surface area contributed by atoms with Crippen LogP contribution in [0, 0.1) is 0 Å². The van der Waals surface area contributed by atoms with Gasteiger partial charge in [-0.3, -0.25) is 0 Å². The Morgan fingerprint density at radius 1 is 0.392 bits per heavy atom. The third-order valence-electron chi connectivity index (χ3n) is 11.6. The Labute approximate surface area is 294 Å². The molecule has 51 heavy (non-hydrogen) atoms. The van der Waals surface area contributed by atoms with Crippen LogP contribution in [0.15, 0.2) is 180 Å². The second-order valence-corrected chi connectivity index (χ2v) is 14.0. The lowest BCUT2D eigenvalue weighted by atomic mass is 9.70. The van der Waals surface area contributed by atoms with Gasteiger partial charge in [0.2, 0.25) is 0 Å². The van der Waals surface area contributed by atoms with E-state index in [0.717, 1.165) is 27.6 Å². The van der Waals surface area contributed by atoms with Crippen LogP contribution >= 0.6 is 0 Å². The van der Waals surface area contributed by atoms with E-state index >= 15 is 0 Å². The lowest BCUT2D eigenvalue weighted by Crippen LogP contribution is -2.25. The molecule has 2 heterocycles. The number of furan rings is 1. The molecule has 8 aromatic carbocycles. The number of benzene rings is 8. The smallest absolute Gasteiger partial charge is 0.135 e. The first-order valence-corrected chi connectivity index (χ1v) is 17.7. The Hall–Kier alpha value is -6.64. The van der Waals surface area contributed by atoms with Crippen molar-refractivity contribution in [3.63, 3.8) is 0 Å². The molecule has 0 saturated heterocycles. The van der Waals surface area contributed by atoms with Crippen molar-refractivity contribution >= 4 is 43.7 Å². The fraction of sp³-hybridized carbons (Fsp3) is 0.0204. The first kappa shape index (κ1) is 27.2. The number of nitrogens with zero attached hydrogens (tertiary/aromatic N) is 1. The van der Waals surface area contributed by atoms with Gasteiger partial charge in [0.15, 0.2) is 0 Å². The zero-order chi connectivity index (χ0) is 33.3. The van der Waals surface area contributed by atoms with Gasteiger partial charge in [0.25, 0.3) is 0 Å². The van der Waals surface area contributed by atoms with Gasteiger partial charge >= 0.3 is 0 Å². The number of hydrogen-bond acceptors (Lipinski definition) is 1. The van der Waals surface area contributed by atoms with Gasteiger partial charge in [-0.25, -0.2) is 0 Å². The topological polar surface area (TPSA) is 18.1 Å². The Balaban J connectivity index is 1.19. The van der Waals surface area contributed by atoms with Gasteiger partial charge in [0.1, 0.15) is 11.2 Å².